The molecule has 1 amide bonds. The van der Waals surface area contributed by atoms with E-state index in [1.807, 2.05) is 6.92 Å². The van der Waals surface area contributed by atoms with E-state index in [-0.39, 0.29) is 17.5 Å². The van der Waals surface area contributed by atoms with E-state index in [1.54, 1.807) is 0 Å². The van der Waals surface area contributed by atoms with Gasteiger partial charge in [-0.25, -0.2) is 0 Å². The number of nitrogens with zero attached hydrogens (tertiary/aromatic N) is 1. The lowest BCUT2D eigenvalue weighted by Gasteiger charge is -2.31. The first kappa shape index (κ1) is 13.3. The monoisotopic (exact) mass is 264 g/mol. The van der Waals surface area contributed by atoms with Crippen molar-refractivity contribution in [3.8, 4) is 5.75 Å². The number of phenols is 1. The number of nitro groups is 1. The van der Waals surface area contributed by atoms with Crippen LogP contribution in [-0.2, 0) is 0 Å². The SMILES string of the molecule is CC(NC(=O)c1ccc([N+](=O)[O-])c(O)c1)C1CCC1. The molecule has 0 aliphatic heterocycles. The Morgan fingerprint density at radius 1 is 1.53 bits per heavy atom. The number of rotatable bonds is 4. The van der Waals surface area contributed by atoms with Crippen LogP contribution in [0.2, 0.25) is 0 Å². The number of hydrogen-bond acceptors (Lipinski definition) is 4. The molecule has 1 atom stereocenters. The summed E-state index contributed by atoms with van der Waals surface area (Å²) >= 11 is 0. The third-order valence-electron chi connectivity index (χ3n) is 3.65. The van der Waals surface area contributed by atoms with Crippen LogP contribution in [0.1, 0.15) is 36.5 Å². The largest absolute Gasteiger partial charge is 0.502 e. The Kier molecular flexibility index (Phi) is 3.69. The van der Waals surface area contributed by atoms with E-state index in [2.05, 4.69) is 5.32 Å². The third kappa shape index (κ3) is 2.83. The lowest BCUT2D eigenvalue weighted by Crippen LogP contribution is -2.40. The van der Waals surface area contributed by atoms with E-state index < -0.39 is 16.4 Å². The highest BCUT2D eigenvalue weighted by Crippen LogP contribution is 2.30. The first-order valence-electron chi connectivity index (χ1n) is 6.27. The minimum Gasteiger partial charge on any atom is -0.502 e. The topological polar surface area (TPSA) is 92.5 Å². The summed E-state index contributed by atoms with van der Waals surface area (Å²) in [7, 11) is 0. The molecule has 0 radical (unpaired) electrons. The smallest absolute Gasteiger partial charge is 0.310 e. The van der Waals surface area contributed by atoms with Crippen LogP contribution in [-0.4, -0.2) is 22.0 Å². The second-order valence-corrected chi connectivity index (χ2v) is 4.91. The number of carbonyl (C=O) groups excluding carboxylic acids is 1. The Morgan fingerprint density at radius 2 is 2.21 bits per heavy atom. The molecule has 1 aromatic carbocycles. The predicted octanol–water partition coefficient (Wildman–Crippen LogP) is 2.22. The van der Waals surface area contributed by atoms with Gasteiger partial charge in [0.1, 0.15) is 0 Å². The quantitative estimate of drug-likeness (QED) is 0.644. The van der Waals surface area contributed by atoms with Crippen molar-refractivity contribution in [2.24, 2.45) is 5.92 Å². The van der Waals surface area contributed by atoms with Crippen LogP contribution >= 0.6 is 0 Å². The highest BCUT2D eigenvalue weighted by Gasteiger charge is 2.25. The number of nitrogens with one attached hydrogen (secondary N) is 1. The van der Waals surface area contributed by atoms with Crippen LogP contribution in [0, 0.1) is 16.0 Å². The second kappa shape index (κ2) is 5.26. The molecule has 0 bridgehead atoms. The number of aromatic hydroxyl groups is 1. The van der Waals surface area contributed by atoms with Gasteiger partial charge in [-0.05, 0) is 37.8 Å². The number of carbonyl (C=O) groups is 1. The van der Waals surface area contributed by atoms with Crippen LogP contribution in [0.15, 0.2) is 18.2 Å². The van der Waals surface area contributed by atoms with Gasteiger partial charge in [0.05, 0.1) is 4.92 Å². The number of nitro benzene ring substituents is 1. The van der Waals surface area contributed by atoms with Crippen molar-refractivity contribution < 1.29 is 14.8 Å². The molecule has 6 heteroatoms. The van der Waals surface area contributed by atoms with Gasteiger partial charge in [0.2, 0.25) is 0 Å². The molecule has 102 valence electrons. The summed E-state index contributed by atoms with van der Waals surface area (Å²) < 4.78 is 0. The maximum absolute atomic E-state index is 11.9. The summed E-state index contributed by atoms with van der Waals surface area (Å²) in [4.78, 5) is 21.8. The summed E-state index contributed by atoms with van der Waals surface area (Å²) in [5.74, 6) is -0.297. The molecule has 1 saturated carbocycles. The van der Waals surface area contributed by atoms with Crippen molar-refractivity contribution in [2.45, 2.75) is 32.2 Å². The Balaban J connectivity index is 2.06. The highest BCUT2D eigenvalue weighted by atomic mass is 16.6. The molecular formula is C13H16N2O4. The average Bonchev–Trinajstić information content (AvgIpc) is 2.25. The Bertz CT molecular complexity index is 511. The maximum atomic E-state index is 11.9. The lowest BCUT2D eigenvalue weighted by molar-refractivity contribution is -0.385. The van der Waals surface area contributed by atoms with Crippen molar-refractivity contribution >= 4 is 11.6 Å². The lowest BCUT2D eigenvalue weighted by atomic mass is 9.80. The zero-order chi connectivity index (χ0) is 14.0. The van der Waals surface area contributed by atoms with Gasteiger partial charge in [-0.3, -0.25) is 14.9 Å². The van der Waals surface area contributed by atoms with Gasteiger partial charge in [-0.15, -0.1) is 0 Å². The van der Waals surface area contributed by atoms with Gasteiger partial charge in [0, 0.05) is 17.7 Å². The first-order valence-corrected chi connectivity index (χ1v) is 6.27. The van der Waals surface area contributed by atoms with Crippen molar-refractivity contribution in [2.75, 3.05) is 0 Å². The maximum Gasteiger partial charge on any atom is 0.310 e. The highest BCUT2D eigenvalue weighted by molar-refractivity contribution is 5.95. The molecular weight excluding hydrogens is 248 g/mol. The van der Waals surface area contributed by atoms with Gasteiger partial charge in [-0.2, -0.15) is 0 Å². The summed E-state index contributed by atoms with van der Waals surface area (Å²) in [6.07, 6.45) is 3.43. The van der Waals surface area contributed by atoms with E-state index in [9.17, 15) is 20.0 Å². The molecule has 1 aliphatic rings. The summed E-state index contributed by atoms with van der Waals surface area (Å²) in [5.41, 5.74) is -0.169. The summed E-state index contributed by atoms with van der Waals surface area (Å²) in [5, 5.41) is 22.9. The van der Waals surface area contributed by atoms with E-state index >= 15 is 0 Å². The fraction of sp³-hybridized carbons (Fsp3) is 0.462. The normalized spacial score (nSPS) is 16.5. The molecule has 1 aliphatic carbocycles. The number of benzene rings is 1. The van der Waals surface area contributed by atoms with E-state index in [0.29, 0.717) is 5.92 Å². The van der Waals surface area contributed by atoms with Gasteiger partial charge in [0.25, 0.3) is 5.91 Å². The molecule has 2 N–H and O–H groups in total. The van der Waals surface area contributed by atoms with Gasteiger partial charge < -0.3 is 10.4 Å². The molecule has 0 aromatic heterocycles. The molecule has 0 heterocycles. The Morgan fingerprint density at radius 3 is 2.68 bits per heavy atom. The minimum absolute atomic E-state index is 0.0820. The van der Waals surface area contributed by atoms with Crippen LogP contribution in [0.5, 0.6) is 5.75 Å². The Hall–Kier alpha value is -2.11. The van der Waals surface area contributed by atoms with Crippen molar-refractivity contribution in [3.05, 3.63) is 33.9 Å². The second-order valence-electron chi connectivity index (χ2n) is 4.91. The molecule has 6 nitrogen and oxygen atoms in total. The summed E-state index contributed by atoms with van der Waals surface area (Å²) in [6, 6.07) is 3.69. The minimum atomic E-state index is -0.687. The van der Waals surface area contributed by atoms with Crippen molar-refractivity contribution in [1.82, 2.24) is 5.32 Å². The van der Waals surface area contributed by atoms with Crippen LogP contribution in [0.4, 0.5) is 5.69 Å². The first-order chi connectivity index (χ1) is 8.99. The average molecular weight is 264 g/mol. The van der Waals surface area contributed by atoms with E-state index in [0.717, 1.165) is 25.0 Å². The van der Waals surface area contributed by atoms with Crippen LogP contribution < -0.4 is 5.32 Å². The third-order valence-corrected chi connectivity index (χ3v) is 3.65. The van der Waals surface area contributed by atoms with Gasteiger partial charge in [-0.1, -0.05) is 6.42 Å². The van der Waals surface area contributed by atoms with E-state index in [4.69, 9.17) is 0 Å². The zero-order valence-electron chi connectivity index (χ0n) is 10.6. The predicted molar refractivity (Wildman–Crippen MR) is 69.0 cm³/mol. The van der Waals surface area contributed by atoms with Crippen LogP contribution in [0.3, 0.4) is 0 Å². The molecule has 0 saturated heterocycles. The standard InChI is InChI=1S/C13H16N2O4/c1-8(9-3-2-4-9)14-13(17)10-5-6-11(15(18)19)12(16)7-10/h5-9,16H,2-4H2,1H3,(H,14,17). The van der Waals surface area contributed by atoms with E-state index in [1.165, 1.54) is 12.5 Å². The zero-order valence-corrected chi connectivity index (χ0v) is 10.6. The molecule has 1 unspecified atom stereocenters. The summed E-state index contributed by atoms with van der Waals surface area (Å²) in [6.45, 7) is 1.95. The molecule has 0 spiro atoms. The number of hydrogen-bond donors (Lipinski definition) is 2. The van der Waals surface area contributed by atoms with Crippen molar-refractivity contribution in [3.63, 3.8) is 0 Å². The van der Waals surface area contributed by atoms with Crippen LogP contribution in [0.25, 0.3) is 0 Å². The molecule has 2 rings (SSSR count). The number of amides is 1. The molecule has 19 heavy (non-hydrogen) atoms. The number of phenolic OH excluding ortho intramolecular Hbond substituents is 1. The van der Waals surface area contributed by atoms with Gasteiger partial charge in [0.15, 0.2) is 5.75 Å². The Labute approximate surface area is 110 Å². The van der Waals surface area contributed by atoms with Gasteiger partial charge >= 0.3 is 5.69 Å². The van der Waals surface area contributed by atoms with Crippen molar-refractivity contribution in [1.29, 1.82) is 0 Å². The fourth-order valence-electron chi connectivity index (χ4n) is 2.17. The fourth-order valence-corrected chi connectivity index (χ4v) is 2.17. The molecule has 1 aromatic rings. The molecule has 1 fully saturated rings.